The number of rotatable bonds is 1. The molecule has 1 fully saturated rings. The normalized spacial score (nSPS) is 21.2. The van der Waals surface area contributed by atoms with Gasteiger partial charge in [-0.2, -0.15) is 22.5 Å². The van der Waals surface area contributed by atoms with Gasteiger partial charge in [-0.25, -0.2) is 0 Å². The Bertz CT molecular complexity index is 137. The minimum absolute atomic E-state index is 0. The van der Waals surface area contributed by atoms with Crippen LogP contribution in [-0.2, 0) is 65.4 Å². The quantitative estimate of drug-likeness (QED) is 0.423. The van der Waals surface area contributed by atoms with Crippen molar-refractivity contribution in [1.29, 1.82) is 0 Å². The van der Waals surface area contributed by atoms with Crippen LogP contribution in [0.25, 0.3) is 0 Å². The van der Waals surface area contributed by atoms with E-state index in [4.69, 9.17) is 0 Å². The zero-order chi connectivity index (χ0) is 9.52. The van der Waals surface area contributed by atoms with E-state index in [9.17, 15) is 0 Å². The smallest absolute Gasteiger partial charge is 0 e. The molecule has 0 N–H and O–H groups in total. The molecular formula is C9H16S4Y2-2. The summed E-state index contributed by atoms with van der Waals surface area (Å²) in [6, 6.07) is 0. The second kappa shape index (κ2) is 14.0. The molecule has 0 aromatic carbocycles. The van der Waals surface area contributed by atoms with Crippen molar-refractivity contribution in [2.24, 2.45) is 0 Å². The van der Waals surface area contributed by atoms with Crippen LogP contribution >= 0.6 is 45.1 Å². The number of hydrogen-bond acceptors (Lipinski definition) is 4. The molecule has 15 heavy (non-hydrogen) atoms. The van der Waals surface area contributed by atoms with Gasteiger partial charge in [-0.05, 0) is 24.3 Å². The van der Waals surface area contributed by atoms with Gasteiger partial charge in [0.05, 0.1) is 0 Å². The van der Waals surface area contributed by atoms with Gasteiger partial charge in [-0.3, -0.25) is 0 Å². The van der Waals surface area contributed by atoms with Crippen LogP contribution in [0.1, 0.15) is 33.1 Å². The van der Waals surface area contributed by atoms with E-state index < -0.39 is 0 Å². The molecule has 6 heteroatoms. The molecule has 84 valence electrons. The summed E-state index contributed by atoms with van der Waals surface area (Å²) < 4.78 is 3.10. The van der Waals surface area contributed by atoms with Gasteiger partial charge in [0.2, 0.25) is 0 Å². The van der Waals surface area contributed by atoms with Crippen molar-refractivity contribution in [1.82, 2.24) is 0 Å². The van der Waals surface area contributed by atoms with Crippen LogP contribution in [0.3, 0.4) is 0 Å². The largest absolute Gasteiger partial charge is 0.337 e. The third-order valence-electron chi connectivity index (χ3n) is 1.65. The molecule has 1 aliphatic rings. The van der Waals surface area contributed by atoms with Gasteiger partial charge in [0.15, 0.2) is 0 Å². The Morgan fingerprint density at radius 2 is 1.60 bits per heavy atom. The molecule has 1 saturated heterocycles. The maximum absolute atomic E-state index is 2.25. The fourth-order valence-corrected chi connectivity index (χ4v) is 6.01. The Balaban J connectivity index is 0. The Kier molecular flexibility index (Phi) is 19.6. The predicted octanol–water partition coefficient (Wildman–Crippen LogP) is 5.03. The van der Waals surface area contributed by atoms with Gasteiger partial charge in [0.25, 0.3) is 0 Å². The summed E-state index contributed by atoms with van der Waals surface area (Å²) in [6.07, 6.45) is 3.96. The van der Waals surface area contributed by atoms with E-state index in [-0.39, 0.29) is 65.4 Å². The van der Waals surface area contributed by atoms with Crippen LogP contribution in [0.15, 0.2) is 0 Å². The van der Waals surface area contributed by atoms with Gasteiger partial charge < -0.3 is 45.1 Å². The topological polar surface area (TPSA) is 0 Å². The standard InChI is InChI=1S/C9H16S4.2Y/c1-3-9-11-7-5-4-6-10-8(2)12-13-9;;/h3-7H2,1-2H3;;/q-2;;. The first-order chi connectivity index (χ1) is 6.33. The van der Waals surface area contributed by atoms with E-state index in [1.807, 2.05) is 33.3 Å². The van der Waals surface area contributed by atoms with E-state index >= 15 is 0 Å². The fraction of sp³-hybridized carbons (Fsp3) is 0.778. The van der Waals surface area contributed by atoms with Gasteiger partial charge in [0, 0.05) is 65.4 Å². The first-order valence-corrected chi connectivity index (χ1v) is 8.74. The van der Waals surface area contributed by atoms with Gasteiger partial charge in [-0.15, -0.1) is 0 Å². The maximum Gasteiger partial charge on any atom is 0 e. The molecule has 0 aromatic heterocycles. The van der Waals surface area contributed by atoms with Crippen LogP contribution in [-0.4, -0.2) is 11.5 Å². The van der Waals surface area contributed by atoms with E-state index in [2.05, 4.69) is 25.6 Å². The molecule has 0 amide bonds. The average molecular weight is 430 g/mol. The molecule has 1 rings (SSSR count). The van der Waals surface area contributed by atoms with Crippen LogP contribution in [0.5, 0.6) is 0 Å². The van der Waals surface area contributed by atoms with Crippen molar-refractivity contribution in [3.05, 3.63) is 9.16 Å². The van der Waals surface area contributed by atoms with Gasteiger partial charge in [0.1, 0.15) is 0 Å². The second-order valence-corrected chi connectivity index (χ2v) is 8.24. The molecule has 0 aliphatic carbocycles. The zero-order valence-electron chi connectivity index (χ0n) is 9.32. The molecule has 1 heterocycles. The Morgan fingerprint density at radius 1 is 1.00 bits per heavy atom. The van der Waals surface area contributed by atoms with Gasteiger partial charge in [-0.1, -0.05) is 6.92 Å². The van der Waals surface area contributed by atoms with Crippen LogP contribution in [0.2, 0.25) is 0 Å². The molecule has 1 aliphatic heterocycles. The number of thioether (sulfide) groups is 2. The molecule has 0 nitrogen and oxygen atoms in total. The van der Waals surface area contributed by atoms with E-state index in [1.165, 1.54) is 35.4 Å². The summed E-state index contributed by atoms with van der Waals surface area (Å²) in [5.74, 6) is 2.62. The minimum Gasteiger partial charge on any atom is -0.337 e. The SMILES string of the molecule is CC[C-]1SCCCCS[C-](C)SS1.[Y].[Y]. The maximum atomic E-state index is 2.25. The van der Waals surface area contributed by atoms with E-state index in [0.717, 1.165) is 0 Å². The summed E-state index contributed by atoms with van der Waals surface area (Å²) in [4.78, 5) is 0. The van der Waals surface area contributed by atoms with Crippen LogP contribution in [0.4, 0.5) is 0 Å². The molecule has 0 spiro atoms. The Hall–Kier alpha value is 3.61. The first kappa shape index (κ1) is 20.9. The van der Waals surface area contributed by atoms with Crippen LogP contribution in [0, 0.1) is 9.16 Å². The van der Waals surface area contributed by atoms with Gasteiger partial charge >= 0.3 is 0 Å². The van der Waals surface area contributed by atoms with Crippen molar-refractivity contribution < 1.29 is 65.4 Å². The minimum atomic E-state index is 0. The fourth-order valence-electron chi connectivity index (χ4n) is 0.920. The summed E-state index contributed by atoms with van der Waals surface area (Å²) >= 11 is 4.08. The van der Waals surface area contributed by atoms with Crippen molar-refractivity contribution in [3.8, 4) is 0 Å². The monoisotopic (exact) mass is 430 g/mol. The first-order valence-electron chi connectivity index (χ1n) is 4.62. The molecule has 0 atom stereocenters. The molecular weight excluding hydrogens is 414 g/mol. The Labute approximate surface area is 161 Å². The third-order valence-corrected chi connectivity index (χ3v) is 7.89. The van der Waals surface area contributed by atoms with Crippen LogP contribution < -0.4 is 0 Å². The summed E-state index contributed by atoms with van der Waals surface area (Å²) in [5.41, 5.74) is 0. The molecule has 0 bridgehead atoms. The predicted molar refractivity (Wildman–Crippen MR) is 71.8 cm³/mol. The van der Waals surface area contributed by atoms with E-state index in [1.54, 1.807) is 4.58 Å². The van der Waals surface area contributed by atoms with Crippen molar-refractivity contribution in [2.45, 2.75) is 33.1 Å². The van der Waals surface area contributed by atoms with Crippen molar-refractivity contribution >= 4 is 45.1 Å². The molecule has 0 saturated carbocycles. The Morgan fingerprint density at radius 3 is 2.20 bits per heavy atom. The zero-order valence-corrected chi connectivity index (χ0v) is 18.3. The number of hydrogen-bond donors (Lipinski definition) is 0. The van der Waals surface area contributed by atoms with Crippen molar-refractivity contribution in [3.63, 3.8) is 0 Å². The third kappa shape index (κ3) is 11.2. The van der Waals surface area contributed by atoms with Crippen molar-refractivity contribution in [2.75, 3.05) is 11.5 Å². The second-order valence-electron chi connectivity index (χ2n) is 2.79. The summed E-state index contributed by atoms with van der Waals surface area (Å²) in [7, 11) is 3.91. The van der Waals surface area contributed by atoms with E-state index in [0.29, 0.717) is 0 Å². The average Bonchev–Trinajstić information content (AvgIpc) is 2.16. The summed E-state index contributed by atoms with van der Waals surface area (Å²) in [6.45, 7) is 4.49. The summed E-state index contributed by atoms with van der Waals surface area (Å²) in [5, 5.41) is 0. The molecule has 0 unspecified atom stereocenters. The molecule has 0 aromatic rings. The molecule has 2 radical (unpaired) electrons.